The van der Waals surface area contributed by atoms with E-state index in [0.717, 1.165) is 17.7 Å². The fourth-order valence-corrected chi connectivity index (χ4v) is 4.49. The maximum absolute atomic E-state index is 15.2. The van der Waals surface area contributed by atoms with Crippen LogP contribution in [0, 0.1) is 18.6 Å². The van der Waals surface area contributed by atoms with Crippen molar-refractivity contribution in [2.45, 2.75) is 24.1 Å². The Hall–Kier alpha value is -3.51. The summed E-state index contributed by atoms with van der Waals surface area (Å²) < 4.78 is 95.0. The quantitative estimate of drug-likeness (QED) is 0.336. The number of fused-ring (bicyclic) bond motifs is 1. The monoisotopic (exact) mass is 497 g/mol. The smallest absolute Gasteiger partial charge is 0.383 e. The first-order chi connectivity index (χ1) is 15.9. The summed E-state index contributed by atoms with van der Waals surface area (Å²) >= 11 is 0. The molecule has 6 nitrogen and oxygen atoms in total. The fraction of sp³-hybridized carbons (Fsp3) is 0.136. The Morgan fingerprint density at radius 2 is 1.76 bits per heavy atom. The van der Waals surface area contributed by atoms with Gasteiger partial charge >= 0.3 is 6.18 Å². The third-order valence-corrected chi connectivity index (χ3v) is 6.51. The topological polar surface area (TPSA) is 95.1 Å². The summed E-state index contributed by atoms with van der Waals surface area (Å²) in [6, 6.07) is 5.79. The standard InChI is InChI=1S/C22H16F5N3O3S/c1-11-8-14-15(10-29-21(14)28-9-11)20(31)18-16(23)6-7-17(19(18)24)30-34(32,33)13-4-2-12(3-5-13)22(25,26)27/h2-10,20,30-31H,1H3,(H,28,29). The van der Waals surface area contributed by atoms with Crippen molar-refractivity contribution in [1.82, 2.24) is 9.97 Å². The molecule has 4 aromatic rings. The molecule has 34 heavy (non-hydrogen) atoms. The van der Waals surface area contributed by atoms with Crippen LogP contribution >= 0.6 is 0 Å². The lowest BCUT2D eigenvalue weighted by Crippen LogP contribution is -2.16. The number of H-pyrrole nitrogens is 1. The molecule has 12 heteroatoms. The van der Waals surface area contributed by atoms with Crippen molar-refractivity contribution in [3.63, 3.8) is 0 Å². The zero-order valence-corrected chi connectivity index (χ0v) is 18.1. The fourth-order valence-electron chi connectivity index (χ4n) is 3.44. The number of pyridine rings is 1. The Morgan fingerprint density at radius 3 is 2.41 bits per heavy atom. The summed E-state index contributed by atoms with van der Waals surface area (Å²) in [5, 5.41) is 11.2. The van der Waals surface area contributed by atoms with E-state index in [9.17, 15) is 31.1 Å². The van der Waals surface area contributed by atoms with Crippen LogP contribution in [0.15, 0.2) is 59.8 Å². The minimum atomic E-state index is -4.67. The summed E-state index contributed by atoms with van der Waals surface area (Å²) in [6.07, 6.45) is -3.58. The first-order valence-corrected chi connectivity index (χ1v) is 11.2. The van der Waals surface area contributed by atoms with Gasteiger partial charge in [-0.2, -0.15) is 13.2 Å². The van der Waals surface area contributed by atoms with Gasteiger partial charge in [0.15, 0.2) is 5.82 Å². The number of aliphatic hydroxyl groups excluding tert-OH is 1. The summed E-state index contributed by atoms with van der Waals surface area (Å²) in [7, 11) is -4.53. The first-order valence-electron chi connectivity index (χ1n) is 9.68. The number of nitrogens with one attached hydrogen (secondary N) is 2. The highest BCUT2D eigenvalue weighted by atomic mass is 32.2. The second-order valence-electron chi connectivity index (χ2n) is 7.51. The molecule has 2 aromatic carbocycles. The van der Waals surface area contributed by atoms with Gasteiger partial charge in [0.1, 0.15) is 17.6 Å². The van der Waals surface area contributed by atoms with Gasteiger partial charge in [-0.1, -0.05) is 0 Å². The lowest BCUT2D eigenvalue weighted by atomic mass is 9.99. The second kappa shape index (κ2) is 8.37. The molecule has 0 radical (unpaired) electrons. The minimum Gasteiger partial charge on any atom is -0.383 e. The van der Waals surface area contributed by atoms with Crippen LogP contribution in [-0.4, -0.2) is 23.5 Å². The van der Waals surface area contributed by atoms with Gasteiger partial charge in [0.05, 0.1) is 21.7 Å². The molecule has 2 aromatic heterocycles. The highest BCUT2D eigenvalue weighted by Gasteiger charge is 2.31. The minimum absolute atomic E-state index is 0.117. The van der Waals surface area contributed by atoms with E-state index < -0.39 is 55.6 Å². The van der Waals surface area contributed by atoms with Crippen molar-refractivity contribution in [2.24, 2.45) is 0 Å². The molecular formula is C22H16F5N3O3S. The van der Waals surface area contributed by atoms with Crippen LogP contribution < -0.4 is 4.72 Å². The number of hydrogen-bond acceptors (Lipinski definition) is 4. The van der Waals surface area contributed by atoms with Gasteiger partial charge < -0.3 is 10.1 Å². The van der Waals surface area contributed by atoms with E-state index in [0.29, 0.717) is 35.3 Å². The average Bonchev–Trinajstić information content (AvgIpc) is 3.18. The van der Waals surface area contributed by atoms with E-state index >= 15 is 4.39 Å². The molecule has 4 rings (SSSR count). The molecule has 0 saturated heterocycles. The number of anilines is 1. The molecule has 1 unspecified atom stereocenters. The van der Waals surface area contributed by atoms with Gasteiger partial charge in [0, 0.05) is 23.3 Å². The Labute approximate surface area is 190 Å². The van der Waals surface area contributed by atoms with Crippen molar-refractivity contribution in [3.05, 3.63) is 88.7 Å². The lowest BCUT2D eigenvalue weighted by Gasteiger charge is -2.16. The molecule has 0 bridgehead atoms. The van der Waals surface area contributed by atoms with E-state index in [4.69, 9.17) is 0 Å². The zero-order valence-electron chi connectivity index (χ0n) is 17.3. The molecule has 0 aliphatic rings. The molecule has 0 aliphatic heterocycles. The molecule has 0 aliphatic carbocycles. The first kappa shape index (κ1) is 23.6. The van der Waals surface area contributed by atoms with E-state index in [2.05, 4.69) is 9.97 Å². The highest BCUT2D eigenvalue weighted by molar-refractivity contribution is 7.92. The largest absolute Gasteiger partial charge is 0.416 e. The molecule has 0 fully saturated rings. The lowest BCUT2D eigenvalue weighted by molar-refractivity contribution is -0.137. The Morgan fingerprint density at radius 1 is 1.09 bits per heavy atom. The number of alkyl halides is 3. The van der Waals surface area contributed by atoms with Crippen LogP contribution in [0.1, 0.15) is 28.4 Å². The van der Waals surface area contributed by atoms with Gasteiger partial charge in [-0.3, -0.25) is 4.72 Å². The van der Waals surface area contributed by atoms with E-state index in [1.165, 1.54) is 6.20 Å². The number of benzene rings is 2. The second-order valence-corrected chi connectivity index (χ2v) is 9.19. The van der Waals surface area contributed by atoms with E-state index in [1.54, 1.807) is 19.2 Å². The van der Waals surface area contributed by atoms with Crippen LogP contribution in [0.2, 0.25) is 0 Å². The number of aromatic nitrogens is 2. The Bertz CT molecular complexity index is 1480. The van der Waals surface area contributed by atoms with Crippen molar-refractivity contribution < 1.29 is 35.5 Å². The summed E-state index contributed by atoms with van der Waals surface area (Å²) in [4.78, 5) is 6.35. The molecule has 2 heterocycles. The van der Waals surface area contributed by atoms with Crippen LogP contribution in [0.3, 0.4) is 0 Å². The van der Waals surface area contributed by atoms with Crippen molar-refractivity contribution in [1.29, 1.82) is 0 Å². The number of aliphatic hydroxyl groups is 1. The SMILES string of the molecule is Cc1cnc2[nH]cc(C(O)c3c(F)ccc(NS(=O)(=O)c4ccc(C(F)(F)F)cc4)c3F)c2c1. The molecule has 178 valence electrons. The molecule has 0 amide bonds. The zero-order chi connectivity index (χ0) is 24.8. The summed E-state index contributed by atoms with van der Waals surface area (Å²) in [5.74, 6) is -2.50. The number of aryl methyl sites for hydroxylation is 1. The molecule has 1 atom stereocenters. The number of sulfonamides is 1. The van der Waals surface area contributed by atoms with Crippen molar-refractivity contribution in [2.75, 3.05) is 4.72 Å². The number of hydrogen-bond donors (Lipinski definition) is 3. The van der Waals surface area contributed by atoms with Crippen molar-refractivity contribution in [3.8, 4) is 0 Å². The predicted octanol–water partition coefficient (Wildman–Crippen LogP) is 5.05. The van der Waals surface area contributed by atoms with Gasteiger partial charge in [0.2, 0.25) is 0 Å². The van der Waals surface area contributed by atoms with Gasteiger partial charge in [-0.15, -0.1) is 0 Å². The van der Waals surface area contributed by atoms with E-state index in [1.807, 2.05) is 4.72 Å². The Kier molecular flexibility index (Phi) is 5.82. The number of halogens is 5. The molecule has 3 N–H and O–H groups in total. The van der Waals surface area contributed by atoms with Crippen LogP contribution in [0.4, 0.5) is 27.6 Å². The third-order valence-electron chi connectivity index (χ3n) is 5.13. The van der Waals surface area contributed by atoms with Gasteiger partial charge in [-0.05, 0) is 55.0 Å². The maximum Gasteiger partial charge on any atom is 0.416 e. The molecular weight excluding hydrogens is 481 g/mol. The van der Waals surface area contributed by atoms with Crippen LogP contribution in [0.25, 0.3) is 11.0 Å². The third kappa shape index (κ3) is 4.33. The highest BCUT2D eigenvalue weighted by Crippen LogP contribution is 2.35. The normalized spacial score (nSPS) is 13.3. The maximum atomic E-state index is 15.2. The van der Waals surface area contributed by atoms with Gasteiger partial charge in [-0.25, -0.2) is 22.2 Å². The predicted molar refractivity (Wildman–Crippen MR) is 114 cm³/mol. The van der Waals surface area contributed by atoms with Gasteiger partial charge in [0.25, 0.3) is 10.0 Å². The number of aromatic amines is 1. The van der Waals surface area contributed by atoms with Crippen LogP contribution in [-0.2, 0) is 16.2 Å². The van der Waals surface area contributed by atoms with Crippen molar-refractivity contribution >= 4 is 26.7 Å². The average molecular weight is 497 g/mol. The summed E-state index contributed by atoms with van der Waals surface area (Å²) in [5.41, 5.74) is -1.33. The van der Waals surface area contributed by atoms with E-state index in [-0.39, 0.29) is 5.56 Å². The summed E-state index contributed by atoms with van der Waals surface area (Å²) in [6.45, 7) is 1.74. The van der Waals surface area contributed by atoms with Crippen LogP contribution in [0.5, 0.6) is 0 Å². The molecule has 0 spiro atoms. The molecule has 0 saturated carbocycles. The Balaban J connectivity index is 1.70. The number of rotatable bonds is 5. The number of nitrogens with zero attached hydrogens (tertiary/aromatic N) is 1.